The fourth-order valence-electron chi connectivity index (χ4n) is 3.83. The number of carbonyl (C=O) groups is 1. The highest BCUT2D eigenvalue weighted by Crippen LogP contribution is 2.21. The van der Waals surface area contributed by atoms with E-state index in [1.54, 1.807) is 31.4 Å². The predicted octanol–water partition coefficient (Wildman–Crippen LogP) is 5.50. The molecule has 1 aromatic heterocycles. The van der Waals surface area contributed by atoms with Gasteiger partial charge in [0.25, 0.3) is 0 Å². The molecule has 1 amide bonds. The molecule has 0 aliphatic heterocycles. The van der Waals surface area contributed by atoms with Gasteiger partial charge in [0.2, 0.25) is 11.8 Å². The highest BCUT2D eigenvalue weighted by atomic mass is 16.5. The molecule has 0 saturated heterocycles. The average Bonchev–Trinajstić information content (AvgIpc) is 2.94. The quantitative estimate of drug-likeness (QED) is 0.283. The first-order chi connectivity index (χ1) is 17.6. The number of ether oxygens (including phenoxy) is 3. The fourth-order valence-corrected chi connectivity index (χ4v) is 3.83. The number of amides is 1. The molecular weight excluding hydrogens is 452 g/mol. The van der Waals surface area contributed by atoms with Crippen molar-refractivity contribution in [2.75, 3.05) is 25.7 Å². The van der Waals surface area contributed by atoms with E-state index in [0.717, 1.165) is 33.9 Å². The molecule has 0 radical (unpaired) electrons. The van der Waals surface area contributed by atoms with Crippen LogP contribution in [0.25, 0.3) is 0 Å². The summed E-state index contributed by atoms with van der Waals surface area (Å²) < 4.78 is 16.4. The SMILES string of the molecule is COc1cccc(CCN(C(=O)Cc2ccc(OCc3ccccc3)cc2)c2ccc(OC)nc2)c1. The fraction of sp³-hybridized carbons (Fsp3) is 0.200. The number of aromatic nitrogens is 1. The van der Waals surface area contributed by atoms with Gasteiger partial charge in [-0.3, -0.25) is 4.79 Å². The highest BCUT2D eigenvalue weighted by Gasteiger charge is 2.17. The lowest BCUT2D eigenvalue weighted by atomic mass is 10.1. The van der Waals surface area contributed by atoms with Crippen LogP contribution in [0.15, 0.2) is 97.2 Å². The zero-order valence-corrected chi connectivity index (χ0v) is 20.6. The van der Waals surface area contributed by atoms with E-state index in [2.05, 4.69) is 4.98 Å². The van der Waals surface area contributed by atoms with Crippen molar-refractivity contribution in [3.05, 3.63) is 114 Å². The average molecular weight is 483 g/mol. The maximum absolute atomic E-state index is 13.4. The van der Waals surface area contributed by atoms with Crippen LogP contribution in [0.1, 0.15) is 16.7 Å². The van der Waals surface area contributed by atoms with Crippen molar-refractivity contribution >= 4 is 11.6 Å². The minimum absolute atomic E-state index is 0.0113. The molecule has 0 fully saturated rings. The number of hydrogen-bond donors (Lipinski definition) is 0. The Kier molecular flexibility index (Phi) is 8.54. The molecule has 0 unspecified atom stereocenters. The first-order valence-electron chi connectivity index (χ1n) is 11.8. The molecule has 0 atom stereocenters. The van der Waals surface area contributed by atoms with Crippen molar-refractivity contribution in [2.45, 2.75) is 19.4 Å². The van der Waals surface area contributed by atoms with Crippen molar-refractivity contribution in [1.82, 2.24) is 4.98 Å². The van der Waals surface area contributed by atoms with Crippen molar-refractivity contribution in [2.24, 2.45) is 0 Å². The molecule has 1 heterocycles. The van der Waals surface area contributed by atoms with E-state index in [1.807, 2.05) is 84.9 Å². The van der Waals surface area contributed by atoms with Crippen LogP contribution in [0.2, 0.25) is 0 Å². The Balaban J connectivity index is 1.43. The summed E-state index contributed by atoms with van der Waals surface area (Å²) in [6, 6.07) is 29.2. The summed E-state index contributed by atoms with van der Waals surface area (Å²) in [5, 5.41) is 0. The van der Waals surface area contributed by atoms with Crippen molar-refractivity contribution in [3.8, 4) is 17.4 Å². The number of carbonyl (C=O) groups excluding carboxylic acids is 1. The van der Waals surface area contributed by atoms with E-state index in [4.69, 9.17) is 14.2 Å². The van der Waals surface area contributed by atoms with Crippen LogP contribution in [0.5, 0.6) is 17.4 Å². The molecule has 0 spiro atoms. The zero-order valence-electron chi connectivity index (χ0n) is 20.6. The summed E-state index contributed by atoms with van der Waals surface area (Å²) in [7, 11) is 3.22. The van der Waals surface area contributed by atoms with Gasteiger partial charge in [-0.2, -0.15) is 0 Å². The Morgan fingerprint density at radius 3 is 2.25 bits per heavy atom. The molecule has 0 aliphatic rings. The molecule has 36 heavy (non-hydrogen) atoms. The van der Waals surface area contributed by atoms with Gasteiger partial charge in [0, 0.05) is 12.6 Å². The van der Waals surface area contributed by atoms with Crippen LogP contribution in [0.3, 0.4) is 0 Å². The summed E-state index contributed by atoms with van der Waals surface area (Å²) in [6.07, 6.45) is 2.62. The molecule has 184 valence electrons. The van der Waals surface area contributed by atoms with Crippen LogP contribution in [0, 0.1) is 0 Å². The largest absolute Gasteiger partial charge is 0.497 e. The minimum atomic E-state index is -0.0113. The number of methoxy groups -OCH3 is 2. The number of pyridine rings is 1. The molecule has 0 N–H and O–H groups in total. The zero-order chi connectivity index (χ0) is 25.2. The van der Waals surface area contributed by atoms with Gasteiger partial charge in [-0.1, -0.05) is 54.6 Å². The van der Waals surface area contributed by atoms with E-state index in [0.29, 0.717) is 25.5 Å². The van der Waals surface area contributed by atoms with Crippen LogP contribution in [-0.4, -0.2) is 31.7 Å². The van der Waals surface area contributed by atoms with E-state index in [1.165, 1.54) is 0 Å². The molecule has 3 aromatic carbocycles. The van der Waals surface area contributed by atoms with Crippen molar-refractivity contribution in [1.29, 1.82) is 0 Å². The molecular formula is C30H30N2O4. The second-order valence-corrected chi connectivity index (χ2v) is 8.30. The van der Waals surface area contributed by atoms with Crippen LogP contribution < -0.4 is 19.1 Å². The molecule has 6 nitrogen and oxygen atoms in total. The number of anilines is 1. The van der Waals surface area contributed by atoms with Gasteiger partial charge in [0.05, 0.1) is 32.5 Å². The Hall–Kier alpha value is -4.32. The lowest BCUT2D eigenvalue weighted by Gasteiger charge is -2.23. The molecule has 0 bridgehead atoms. The van der Waals surface area contributed by atoms with Gasteiger partial charge in [0.1, 0.15) is 18.1 Å². The van der Waals surface area contributed by atoms with E-state index in [9.17, 15) is 4.79 Å². The van der Waals surface area contributed by atoms with Crippen LogP contribution in [0.4, 0.5) is 5.69 Å². The standard InChI is InChI=1S/C30H30N2O4/c1-34-28-10-6-9-23(19-28)17-18-32(26-13-16-29(35-2)31-21-26)30(33)20-24-11-14-27(15-12-24)36-22-25-7-4-3-5-8-25/h3-16,19,21H,17-18,20,22H2,1-2H3. The number of hydrogen-bond acceptors (Lipinski definition) is 5. The maximum Gasteiger partial charge on any atom is 0.231 e. The van der Waals surface area contributed by atoms with Gasteiger partial charge in [-0.25, -0.2) is 4.98 Å². The topological polar surface area (TPSA) is 60.9 Å². The molecule has 0 aliphatic carbocycles. The Labute approximate surface area is 212 Å². The second kappa shape index (κ2) is 12.4. The second-order valence-electron chi connectivity index (χ2n) is 8.30. The molecule has 4 rings (SSSR count). The maximum atomic E-state index is 13.4. The van der Waals surface area contributed by atoms with Gasteiger partial charge in [0.15, 0.2) is 0 Å². The summed E-state index contributed by atoms with van der Waals surface area (Å²) in [6.45, 7) is 1.01. The van der Waals surface area contributed by atoms with Crippen LogP contribution in [-0.2, 0) is 24.2 Å². The Morgan fingerprint density at radius 1 is 0.778 bits per heavy atom. The summed E-state index contributed by atoms with van der Waals surface area (Å²) >= 11 is 0. The van der Waals surface area contributed by atoms with Gasteiger partial charge in [-0.15, -0.1) is 0 Å². The lowest BCUT2D eigenvalue weighted by Crippen LogP contribution is -2.34. The van der Waals surface area contributed by atoms with Gasteiger partial charge < -0.3 is 19.1 Å². The third-order valence-corrected chi connectivity index (χ3v) is 5.83. The van der Waals surface area contributed by atoms with E-state index in [-0.39, 0.29) is 12.3 Å². The highest BCUT2D eigenvalue weighted by molar-refractivity contribution is 5.94. The van der Waals surface area contributed by atoms with E-state index < -0.39 is 0 Å². The molecule has 4 aromatic rings. The molecule has 0 saturated carbocycles. The van der Waals surface area contributed by atoms with Crippen molar-refractivity contribution < 1.29 is 19.0 Å². The lowest BCUT2D eigenvalue weighted by molar-refractivity contribution is -0.118. The minimum Gasteiger partial charge on any atom is -0.497 e. The van der Waals surface area contributed by atoms with Gasteiger partial charge >= 0.3 is 0 Å². The molecule has 6 heteroatoms. The third kappa shape index (κ3) is 6.85. The number of rotatable bonds is 11. The van der Waals surface area contributed by atoms with E-state index >= 15 is 0 Å². The Bertz CT molecular complexity index is 1240. The predicted molar refractivity (Wildman–Crippen MR) is 141 cm³/mol. The number of nitrogens with zero attached hydrogens (tertiary/aromatic N) is 2. The van der Waals surface area contributed by atoms with Crippen molar-refractivity contribution in [3.63, 3.8) is 0 Å². The Morgan fingerprint density at radius 2 is 1.56 bits per heavy atom. The van der Waals surface area contributed by atoms with Crippen LogP contribution >= 0.6 is 0 Å². The third-order valence-electron chi connectivity index (χ3n) is 5.83. The first-order valence-corrected chi connectivity index (χ1v) is 11.8. The van der Waals surface area contributed by atoms with Gasteiger partial charge in [-0.05, 0) is 53.4 Å². The monoisotopic (exact) mass is 482 g/mol. The smallest absolute Gasteiger partial charge is 0.231 e. The first kappa shape index (κ1) is 24.8. The summed E-state index contributed by atoms with van der Waals surface area (Å²) in [4.78, 5) is 19.5. The summed E-state index contributed by atoms with van der Waals surface area (Å²) in [5.41, 5.74) is 3.84. The normalized spacial score (nSPS) is 10.5. The summed E-state index contributed by atoms with van der Waals surface area (Å²) in [5.74, 6) is 2.06. The number of benzene rings is 3.